The zero-order valence-corrected chi connectivity index (χ0v) is 13.5. The number of methoxy groups -OCH3 is 1. The molecule has 0 N–H and O–H groups in total. The minimum absolute atomic E-state index is 0.236. The summed E-state index contributed by atoms with van der Waals surface area (Å²) < 4.78 is 19.4. The summed E-state index contributed by atoms with van der Waals surface area (Å²) in [5.41, 5.74) is 0. The molecule has 0 saturated heterocycles. The number of hydrogen-bond acceptors (Lipinski definition) is 1. The van der Waals surface area contributed by atoms with E-state index >= 15 is 0 Å². The summed E-state index contributed by atoms with van der Waals surface area (Å²) in [7, 11) is 1.52. The number of benzene rings is 2. The van der Waals surface area contributed by atoms with Gasteiger partial charge in [0.1, 0.15) is 11.6 Å². The van der Waals surface area contributed by atoms with Crippen LogP contribution in [-0.2, 0) is 0 Å². The van der Waals surface area contributed by atoms with Crippen LogP contribution in [0.3, 0.4) is 0 Å². The zero-order chi connectivity index (χ0) is 12.7. The maximum absolute atomic E-state index is 12.7. The quantitative estimate of drug-likeness (QED) is 0.565. The number of rotatable bonds is 1. The molecule has 17 heavy (non-hydrogen) atoms. The summed E-state index contributed by atoms with van der Waals surface area (Å²) in [6.45, 7) is 0. The van der Waals surface area contributed by atoms with Gasteiger partial charge in [-0.3, -0.25) is 0 Å². The average molecular weight is 456 g/mol. The predicted octanol–water partition coefficient (Wildman–Crippen LogP) is 4.73. The molecule has 2 rings (SSSR count). The standard InChI is InChI=1S/C7H6FIO.C6H5I/c1-10-6-4-2-3-5(8)7(6)9;7-6-4-2-1-3-5-6/h2-4H,1H3;1-5H. The molecule has 0 aromatic heterocycles. The van der Waals surface area contributed by atoms with E-state index in [2.05, 4.69) is 34.7 Å². The van der Waals surface area contributed by atoms with Crippen LogP contribution in [0.15, 0.2) is 48.5 Å². The molecule has 0 amide bonds. The van der Waals surface area contributed by atoms with Crippen LogP contribution in [-0.4, -0.2) is 7.11 Å². The molecule has 0 aliphatic carbocycles. The lowest BCUT2D eigenvalue weighted by atomic mass is 10.3. The monoisotopic (exact) mass is 456 g/mol. The van der Waals surface area contributed by atoms with Gasteiger partial charge < -0.3 is 4.74 Å². The Hall–Kier alpha value is -0.370. The van der Waals surface area contributed by atoms with Crippen LogP contribution in [0, 0.1) is 13.0 Å². The first-order valence-corrected chi connectivity index (χ1v) is 6.99. The second-order valence-electron chi connectivity index (χ2n) is 3.05. The molecule has 0 fully saturated rings. The molecule has 0 bridgehead atoms. The molecule has 0 radical (unpaired) electrons. The second kappa shape index (κ2) is 7.86. The van der Waals surface area contributed by atoms with Gasteiger partial charge in [-0.25, -0.2) is 4.39 Å². The Labute approximate surface area is 128 Å². The Morgan fingerprint density at radius 2 is 1.59 bits per heavy atom. The van der Waals surface area contributed by atoms with Crippen molar-refractivity contribution < 1.29 is 9.13 Å². The Kier molecular flexibility index (Phi) is 6.79. The second-order valence-corrected chi connectivity index (χ2v) is 5.38. The Bertz CT molecular complexity index is 460. The van der Waals surface area contributed by atoms with E-state index in [9.17, 15) is 4.39 Å². The summed E-state index contributed by atoms with van der Waals surface area (Å²) >= 11 is 4.18. The highest BCUT2D eigenvalue weighted by atomic mass is 127. The van der Waals surface area contributed by atoms with Crippen molar-refractivity contribution in [2.24, 2.45) is 0 Å². The Morgan fingerprint density at radius 3 is 2.00 bits per heavy atom. The summed E-state index contributed by atoms with van der Waals surface area (Å²) in [5, 5.41) is 0. The maximum Gasteiger partial charge on any atom is 0.140 e. The Morgan fingerprint density at radius 1 is 0.941 bits per heavy atom. The van der Waals surface area contributed by atoms with E-state index in [0.29, 0.717) is 9.32 Å². The summed E-state index contributed by atoms with van der Waals surface area (Å²) in [5.74, 6) is 0.348. The molecule has 2 aromatic carbocycles. The van der Waals surface area contributed by atoms with Gasteiger partial charge in [0.2, 0.25) is 0 Å². The predicted molar refractivity (Wildman–Crippen MR) is 84.8 cm³/mol. The van der Waals surface area contributed by atoms with Crippen molar-refractivity contribution >= 4 is 45.2 Å². The van der Waals surface area contributed by atoms with Gasteiger partial charge in [0.25, 0.3) is 0 Å². The molecule has 0 aliphatic rings. The highest BCUT2D eigenvalue weighted by Crippen LogP contribution is 2.22. The summed E-state index contributed by atoms with van der Waals surface area (Å²) in [4.78, 5) is 0. The average Bonchev–Trinajstić information content (AvgIpc) is 2.34. The molecule has 90 valence electrons. The van der Waals surface area contributed by atoms with E-state index in [1.54, 1.807) is 12.1 Å². The molecule has 4 heteroatoms. The van der Waals surface area contributed by atoms with Crippen LogP contribution in [0.5, 0.6) is 5.75 Å². The fourth-order valence-electron chi connectivity index (χ4n) is 1.06. The van der Waals surface area contributed by atoms with Crippen molar-refractivity contribution in [1.29, 1.82) is 0 Å². The normalized spacial score (nSPS) is 9.18. The molecule has 1 nitrogen and oxygen atoms in total. The number of hydrogen-bond donors (Lipinski definition) is 0. The lowest BCUT2D eigenvalue weighted by Crippen LogP contribution is -1.88. The minimum Gasteiger partial charge on any atom is -0.496 e. The van der Waals surface area contributed by atoms with Crippen molar-refractivity contribution in [1.82, 2.24) is 0 Å². The van der Waals surface area contributed by atoms with Gasteiger partial charge in [0.15, 0.2) is 0 Å². The minimum atomic E-state index is -0.236. The highest BCUT2D eigenvalue weighted by Gasteiger charge is 2.02. The van der Waals surface area contributed by atoms with E-state index in [-0.39, 0.29) is 5.82 Å². The van der Waals surface area contributed by atoms with Gasteiger partial charge in [-0.15, -0.1) is 0 Å². The van der Waals surface area contributed by atoms with Crippen LogP contribution in [0.25, 0.3) is 0 Å². The number of halogens is 3. The van der Waals surface area contributed by atoms with Gasteiger partial charge in [-0.1, -0.05) is 24.3 Å². The topological polar surface area (TPSA) is 9.23 Å². The van der Waals surface area contributed by atoms with E-state index < -0.39 is 0 Å². The van der Waals surface area contributed by atoms with Gasteiger partial charge in [0.05, 0.1) is 10.7 Å². The maximum atomic E-state index is 12.7. The smallest absolute Gasteiger partial charge is 0.140 e. The van der Waals surface area contributed by atoms with Crippen LogP contribution in [0.4, 0.5) is 4.39 Å². The van der Waals surface area contributed by atoms with E-state index in [1.807, 2.05) is 40.8 Å². The molecule has 0 spiro atoms. The largest absolute Gasteiger partial charge is 0.496 e. The van der Waals surface area contributed by atoms with E-state index in [0.717, 1.165) is 0 Å². The third kappa shape index (κ3) is 5.20. The molecule has 0 heterocycles. The van der Waals surface area contributed by atoms with Crippen molar-refractivity contribution in [3.8, 4) is 5.75 Å². The van der Waals surface area contributed by atoms with E-state index in [1.165, 1.54) is 16.7 Å². The third-order valence-electron chi connectivity index (χ3n) is 1.87. The molecule has 0 aliphatic heterocycles. The van der Waals surface area contributed by atoms with Crippen molar-refractivity contribution in [3.63, 3.8) is 0 Å². The third-order valence-corrected chi connectivity index (χ3v) is 3.64. The first-order chi connectivity index (χ1) is 8.15. The van der Waals surface area contributed by atoms with Gasteiger partial charge in [0, 0.05) is 3.57 Å². The van der Waals surface area contributed by atoms with Crippen LogP contribution in [0.2, 0.25) is 0 Å². The first-order valence-electron chi connectivity index (χ1n) is 4.83. The lowest BCUT2D eigenvalue weighted by Gasteiger charge is -2.01. The van der Waals surface area contributed by atoms with Crippen molar-refractivity contribution in [2.45, 2.75) is 0 Å². The van der Waals surface area contributed by atoms with Gasteiger partial charge >= 0.3 is 0 Å². The zero-order valence-electron chi connectivity index (χ0n) is 9.16. The molecule has 2 aromatic rings. The van der Waals surface area contributed by atoms with Crippen molar-refractivity contribution in [2.75, 3.05) is 7.11 Å². The van der Waals surface area contributed by atoms with Crippen molar-refractivity contribution in [3.05, 3.63) is 61.5 Å². The van der Waals surface area contributed by atoms with Crippen LogP contribution >= 0.6 is 45.2 Å². The van der Waals surface area contributed by atoms with Crippen LogP contribution in [0.1, 0.15) is 0 Å². The SMILES string of the molecule is COc1cccc(F)c1I.Ic1ccccc1. The number of ether oxygens (including phenoxy) is 1. The molecular weight excluding hydrogens is 445 g/mol. The highest BCUT2D eigenvalue weighted by molar-refractivity contribution is 14.1. The van der Waals surface area contributed by atoms with E-state index in [4.69, 9.17) is 4.74 Å². The lowest BCUT2D eigenvalue weighted by molar-refractivity contribution is 0.407. The molecule has 0 atom stereocenters. The summed E-state index contributed by atoms with van der Waals surface area (Å²) in [6.07, 6.45) is 0. The first kappa shape index (κ1) is 14.7. The summed E-state index contributed by atoms with van der Waals surface area (Å²) in [6, 6.07) is 15.0. The Balaban J connectivity index is 0.000000181. The van der Waals surface area contributed by atoms with Gasteiger partial charge in [-0.05, 0) is 69.4 Å². The fraction of sp³-hybridized carbons (Fsp3) is 0.0769. The molecule has 0 saturated carbocycles. The fourth-order valence-corrected chi connectivity index (χ4v) is 2.05. The molecular formula is C13H11FI2O. The molecule has 0 unspecified atom stereocenters. The van der Waals surface area contributed by atoms with Gasteiger partial charge in [-0.2, -0.15) is 0 Å². The van der Waals surface area contributed by atoms with Crippen LogP contribution < -0.4 is 4.74 Å².